The zero-order valence-corrected chi connectivity index (χ0v) is 27.1. The number of rotatable bonds is 12. The van der Waals surface area contributed by atoms with Crippen LogP contribution in [-0.4, -0.2) is 117 Å². The van der Waals surface area contributed by atoms with E-state index in [0.717, 1.165) is 37.1 Å². The van der Waals surface area contributed by atoms with Crippen molar-refractivity contribution in [2.45, 2.75) is 70.8 Å². The molecule has 2 saturated heterocycles. The molecule has 3 heterocycles. The van der Waals surface area contributed by atoms with E-state index in [1.165, 1.54) is 0 Å². The van der Waals surface area contributed by atoms with Gasteiger partial charge in [0.2, 0.25) is 5.95 Å². The largest absolute Gasteiger partial charge is 0.490 e. The second kappa shape index (κ2) is 14.9. The van der Waals surface area contributed by atoms with Gasteiger partial charge in [0.25, 0.3) is 0 Å². The Kier molecular flexibility index (Phi) is 10.9. The van der Waals surface area contributed by atoms with Crippen LogP contribution >= 0.6 is 0 Å². The van der Waals surface area contributed by atoms with Crippen molar-refractivity contribution in [1.82, 2.24) is 19.4 Å². The summed E-state index contributed by atoms with van der Waals surface area (Å²) >= 11 is 0. The second-order valence-electron chi connectivity index (χ2n) is 12.6. The summed E-state index contributed by atoms with van der Waals surface area (Å²) < 4.78 is 25.1. The molecule has 13 heteroatoms. The highest BCUT2D eigenvalue weighted by Crippen LogP contribution is 2.35. The molecule has 0 saturated carbocycles. The van der Waals surface area contributed by atoms with Crippen LogP contribution in [0.15, 0.2) is 42.5 Å². The Morgan fingerprint density at radius 1 is 1.04 bits per heavy atom. The number of piperazine rings is 1. The van der Waals surface area contributed by atoms with Crippen LogP contribution in [0.1, 0.15) is 45.9 Å². The standard InChI is InChI=1S/C33H47N5O8/c1-5-43-25-12-11-22(19-26(25)44-18-8-13-36-14-16-37(17-15-36)32(42)46-33(2,3)4)20-34-31-35-23-9-6-7-10-24(23)38(31)30-29(41)28(40)27(21-39)45-30/h6-7,9-12,19,27-30,39-41H,5,8,13-18,20-21H2,1-4H3,(H,34,35)/t27-,28-,29-,30-/m1/s1. The molecule has 4 N–H and O–H groups in total. The quantitative estimate of drug-likeness (QED) is 0.216. The van der Waals surface area contributed by atoms with Crippen molar-refractivity contribution in [2.75, 3.05) is 57.9 Å². The summed E-state index contributed by atoms with van der Waals surface area (Å²) in [6, 6.07) is 13.3. The number of benzene rings is 2. The number of para-hydroxylation sites is 2. The number of aromatic nitrogens is 2. The molecule has 0 aliphatic carbocycles. The third-order valence-corrected chi connectivity index (χ3v) is 8.03. The molecule has 5 rings (SSSR count). The summed E-state index contributed by atoms with van der Waals surface area (Å²) in [5, 5.41) is 34.1. The summed E-state index contributed by atoms with van der Waals surface area (Å²) in [6.07, 6.45) is -3.74. The zero-order chi connectivity index (χ0) is 32.8. The fraction of sp³-hybridized carbons (Fsp3) is 0.576. The Morgan fingerprint density at radius 3 is 2.50 bits per heavy atom. The van der Waals surface area contributed by atoms with Crippen LogP contribution in [0.4, 0.5) is 10.7 Å². The van der Waals surface area contributed by atoms with Gasteiger partial charge < -0.3 is 44.5 Å². The first-order valence-corrected chi connectivity index (χ1v) is 16.0. The number of nitrogens with zero attached hydrogens (tertiary/aromatic N) is 4. The van der Waals surface area contributed by atoms with Crippen molar-refractivity contribution < 1.29 is 39.1 Å². The van der Waals surface area contributed by atoms with Crippen LogP contribution in [0.25, 0.3) is 11.0 Å². The maximum atomic E-state index is 12.4. The van der Waals surface area contributed by atoms with Gasteiger partial charge in [0.05, 0.1) is 30.9 Å². The van der Waals surface area contributed by atoms with Crippen molar-refractivity contribution in [3.63, 3.8) is 0 Å². The number of carbonyl (C=O) groups is 1. The van der Waals surface area contributed by atoms with Crippen molar-refractivity contribution in [2.24, 2.45) is 0 Å². The number of nitrogens with one attached hydrogen (secondary N) is 1. The molecule has 0 bridgehead atoms. The van der Waals surface area contributed by atoms with Crippen LogP contribution in [-0.2, 0) is 16.0 Å². The van der Waals surface area contributed by atoms with E-state index >= 15 is 0 Å². The molecule has 3 aromatic rings. The molecule has 1 aromatic heterocycles. The van der Waals surface area contributed by atoms with Crippen LogP contribution < -0.4 is 14.8 Å². The molecule has 4 atom stereocenters. The van der Waals surface area contributed by atoms with E-state index in [4.69, 9.17) is 23.9 Å². The average molecular weight is 642 g/mol. The SMILES string of the molecule is CCOc1ccc(CNc2nc3ccccc3n2[C@@H]2O[C@H](CO)[C@@H](O)[C@H]2O)cc1OCCCN1CCN(C(=O)OC(C)(C)C)CC1. The Labute approximate surface area is 269 Å². The monoisotopic (exact) mass is 641 g/mol. The highest BCUT2D eigenvalue weighted by Gasteiger charge is 2.44. The van der Waals surface area contributed by atoms with Crippen LogP contribution in [0, 0.1) is 0 Å². The zero-order valence-electron chi connectivity index (χ0n) is 27.1. The van der Waals surface area contributed by atoms with Crippen LogP contribution in [0.5, 0.6) is 11.5 Å². The van der Waals surface area contributed by atoms with E-state index in [2.05, 4.69) is 10.2 Å². The highest BCUT2D eigenvalue weighted by molar-refractivity contribution is 5.79. The van der Waals surface area contributed by atoms with E-state index in [1.54, 1.807) is 9.47 Å². The van der Waals surface area contributed by atoms with E-state index in [-0.39, 0.29) is 6.09 Å². The lowest BCUT2D eigenvalue weighted by Crippen LogP contribution is -2.50. The van der Waals surface area contributed by atoms with Crippen molar-refractivity contribution in [3.8, 4) is 11.5 Å². The van der Waals surface area contributed by atoms with Gasteiger partial charge in [-0.1, -0.05) is 18.2 Å². The summed E-state index contributed by atoms with van der Waals surface area (Å²) in [5.41, 5.74) is 1.85. The Hall–Kier alpha value is -3.62. The highest BCUT2D eigenvalue weighted by atomic mass is 16.6. The molecule has 0 spiro atoms. The van der Waals surface area contributed by atoms with E-state index in [9.17, 15) is 20.1 Å². The number of carbonyl (C=O) groups excluding carboxylic acids is 1. The van der Waals surface area contributed by atoms with Gasteiger partial charge in [0.15, 0.2) is 17.7 Å². The Morgan fingerprint density at radius 2 is 1.80 bits per heavy atom. The van der Waals surface area contributed by atoms with E-state index < -0.39 is 36.7 Å². The molecule has 13 nitrogen and oxygen atoms in total. The summed E-state index contributed by atoms with van der Waals surface area (Å²) in [5.74, 6) is 1.77. The number of aliphatic hydroxyl groups is 3. The predicted octanol–water partition coefficient (Wildman–Crippen LogP) is 2.98. The van der Waals surface area contributed by atoms with Gasteiger partial charge >= 0.3 is 6.09 Å². The maximum absolute atomic E-state index is 12.4. The summed E-state index contributed by atoms with van der Waals surface area (Å²) in [7, 11) is 0. The number of aliphatic hydroxyl groups excluding tert-OH is 3. The van der Waals surface area contributed by atoms with Crippen LogP contribution in [0.3, 0.4) is 0 Å². The number of hydrogen-bond donors (Lipinski definition) is 4. The number of anilines is 1. The van der Waals surface area contributed by atoms with Gasteiger partial charge in [0, 0.05) is 39.3 Å². The molecular weight excluding hydrogens is 594 g/mol. The van der Waals surface area contributed by atoms with Crippen molar-refractivity contribution in [3.05, 3.63) is 48.0 Å². The van der Waals surface area contributed by atoms with E-state index in [1.807, 2.05) is 70.2 Å². The molecule has 252 valence electrons. The smallest absolute Gasteiger partial charge is 0.410 e. The minimum atomic E-state index is -1.24. The minimum absolute atomic E-state index is 0.260. The van der Waals surface area contributed by atoms with Crippen LogP contribution in [0.2, 0.25) is 0 Å². The van der Waals surface area contributed by atoms with Gasteiger partial charge in [-0.05, 0) is 63.9 Å². The lowest BCUT2D eigenvalue weighted by Gasteiger charge is -2.35. The fourth-order valence-corrected chi connectivity index (χ4v) is 5.70. The molecule has 2 fully saturated rings. The van der Waals surface area contributed by atoms with E-state index in [0.29, 0.717) is 55.8 Å². The summed E-state index contributed by atoms with van der Waals surface area (Å²) in [4.78, 5) is 21.2. The first kappa shape index (κ1) is 33.7. The molecule has 2 aliphatic heterocycles. The van der Waals surface area contributed by atoms with Gasteiger partial charge in [-0.15, -0.1) is 0 Å². The normalized spacial score (nSPS) is 22.3. The first-order valence-electron chi connectivity index (χ1n) is 16.0. The first-order chi connectivity index (χ1) is 22.1. The number of ether oxygens (including phenoxy) is 4. The topological polar surface area (TPSA) is 151 Å². The molecule has 0 unspecified atom stereocenters. The Balaban J connectivity index is 1.19. The molecule has 2 aliphatic rings. The maximum Gasteiger partial charge on any atom is 0.410 e. The minimum Gasteiger partial charge on any atom is -0.490 e. The molecule has 46 heavy (non-hydrogen) atoms. The molecule has 2 aromatic carbocycles. The van der Waals surface area contributed by atoms with Gasteiger partial charge in [-0.3, -0.25) is 9.47 Å². The number of amides is 1. The van der Waals surface area contributed by atoms with Gasteiger partial charge in [-0.25, -0.2) is 9.78 Å². The fourth-order valence-electron chi connectivity index (χ4n) is 5.70. The number of fused-ring (bicyclic) bond motifs is 1. The van der Waals surface area contributed by atoms with Gasteiger partial charge in [0.1, 0.15) is 23.9 Å². The average Bonchev–Trinajstić information content (AvgIpc) is 3.54. The van der Waals surface area contributed by atoms with Crippen molar-refractivity contribution in [1.29, 1.82) is 0 Å². The molecule has 0 radical (unpaired) electrons. The lowest BCUT2D eigenvalue weighted by molar-refractivity contribution is -0.0499. The third-order valence-electron chi connectivity index (χ3n) is 8.03. The molecule has 1 amide bonds. The lowest BCUT2D eigenvalue weighted by atomic mass is 10.1. The Bertz CT molecular complexity index is 1450. The predicted molar refractivity (Wildman–Crippen MR) is 172 cm³/mol. The third kappa shape index (κ3) is 8.02. The number of hydrogen-bond acceptors (Lipinski definition) is 11. The molecular formula is C33H47N5O8. The van der Waals surface area contributed by atoms with Gasteiger partial charge in [-0.2, -0.15) is 0 Å². The summed E-state index contributed by atoms with van der Waals surface area (Å²) in [6.45, 7) is 12.3. The number of imidazole rings is 1. The van der Waals surface area contributed by atoms with Crippen molar-refractivity contribution >= 4 is 23.1 Å². The second-order valence-corrected chi connectivity index (χ2v) is 12.6.